The van der Waals surface area contributed by atoms with Crippen LogP contribution in [0.15, 0.2) is 0 Å². The summed E-state index contributed by atoms with van der Waals surface area (Å²) < 4.78 is 31.6. The first kappa shape index (κ1) is 23.0. The third-order valence-corrected chi connectivity index (χ3v) is 0. The van der Waals surface area contributed by atoms with Gasteiger partial charge in [-0.15, -0.1) is 0 Å². The second kappa shape index (κ2) is 11.8. The van der Waals surface area contributed by atoms with Gasteiger partial charge >= 0.3 is 10.4 Å². The Morgan fingerprint density at radius 3 is 0.875 bits per heavy atom. The van der Waals surface area contributed by atoms with Gasteiger partial charge in [0.05, 0.1) is 0 Å². The van der Waals surface area contributed by atoms with E-state index in [-0.39, 0.29) is 154 Å². The molecule has 0 saturated heterocycles. The molecular formula is H2K3O4S. The van der Waals surface area contributed by atoms with Gasteiger partial charge in [0.2, 0.25) is 0 Å². The fourth-order valence-corrected chi connectivity index (χ4v) is 0. The molecule has 0 aliphatic carbocycles. The minimum absolute atomic E-state index is 0. The quantitative estimate of drug-likeness (QED) is 0.369. The summed E-state index contributed by atoms with van der Waals surface area (Å²) in [5, 5.41) is 0. The van der Waals surface area contributed by atoms with Crippen LogP contribution in [0.5, 0.6) is 0 Å². The first-order chi connectivity index (χ1) is 2.00. The van der Waals surface area contributed by atoms with Gasteiger partial charge in [0.1, 0.15) is 0 Å². The minimum atomic E-state index is -4.67. The Bertz CT molecular complexity index is 94.5. The summed E-state index contributed by atoms with van der Waals surface area (Å²) in [4.78, 5) is 0. The summed E-state index contributed by atoms with van der Waals surface area (Å²) in [6, 6.07) is 0. The normalized spacial score (nSPS) is 7.25. The van der Waals surface area contributed by atoms with E-state index >= 15 is 0 Å². The van der Waals surface area contributed by atoms with E-state index in [9.17, 15) is 0 Å². The molecule has 2 N–H and O–H groups in total. The smallest absolute Gasteiger partial charge is 0.264 e. The summed E-state index contributed by atoms with van der Waals surface area (Å²) in [6.07, 6.45) is 0. The predicted octanol–water partition coefficient (Wildman–Crippen LogP) is -1.80. The molecule has 0 aromatic rings. The molecule has 0 heterocycles. The van der Waals surface area contributed by atoms with Crippen molar-refractivity contribution >= 4 is 165 Å². The van der Waals surface area contributed by atoms with Crippen molar-refractivity contribution in [3.63, 3.8) is 0 Å². The van der Waals surface area contributed by atoms with Crippen LogP contribution in [0.1, 0.15) is 0 Å². The van der Waals surface area contributed by atoms with Crippen LogP contribution in [0.3, 0.4) is 0 Å². The van der Waals surface area contributed by atoms with Crippen molar-refractivity contribution in [3.05, 3.63) is 0 Å². The first-order valence-electron chi connectivity index (χ1n) is 0.698. The van der Waals surface area contributed by atoms with Crippen LogP contribution >= 0.6 is 0 Å². The molecule has 0 fully saturated rings. The Labute approximate surface area is 176 Å². The van der Waals surface area contributed by atoms with Crippen LogP contribution in [0.25, 0.3) is 0 Å². The van der Waals surface area contributed by atoms with Crippen molar-refractivity contribution in [1.82, 2.24) is 0 Å². The molecule has 0 saturated carbocycles. The van der Waals surface area contributed by atoms with Gasteiger partial charge < -0.3 is 0 Å². The van der Waals surface area contributed by atoms with Gasteiger partial charge in [0.25, 0.3) is 0 Å². The molecule has 0 rings (SSSR count). The van der Waals surface area contributed by atoms with E-state index in [1.54, 1.807) is 0 Å². The van der Waals surface area contributed by atoms with Gasteiger partial charge in [-0.2, -0.15) is 8.42 Å². The molecule has 35 valence electrons. The zero-order valence-corrected chi connectivity index (χ0v) is 15.3. The second-order valence-electron chi connectivity index (χ2n) is 0.448. The molecule has 0 aliphatic heterocycles. The van der Waals surface area contributed by atoms with E-state index in [1.807, 2.05) is 0 Å². The number of hydrogen-bond donors (Lipinski definition) is 2. The Balaban J connectivity index is -0.0000000267. The summed E-state index contributed by atoms with van der Waals surface area (Å²) >= 11 is 0. The monoisotopic (exact) mass is 215 g/mol. The van der Waals surface area contributed by atoms with E-state index in [1.165, 1.54) is 0 Å². The largest absolute Gasteiger partial charge is 0.394 e. The summed E-state index contributed by atoms with van der Waals surface area (Å²) in [7, 11) is -4.67. The Morgan fingerprint density at radius 2 is 0.875 bits per heavy atom. The Kier molecular flexibility index (Phi) is 33.9. The zero-order valence-electron chi connectivity index (χ0n) is 5.12. The average Bonchev–Trinajstić information content (AvgIpc) is 0.722. The SMILES string of the molecule is O=S(=O)(O)O.[K].[K].[K]. The van der Waals surface area contributed by atoms with Crippen LogP contribution in [-0.2, 0) is 10.4 Å². The molecule has 0 aromatic carbocycles. The predicted molar refractivity (Wildman–Crippen MR) is 31.4 cm³/mol. The van der Waals surface area contributed by atoms with Crippen molar-refractivity contribution in [2.45, 2.75) is 0 Å². The zero-order chi connectivity index (χ0) is 4.50. The van der Waals surface area contributed by atoms with Gasteiger partial charge in [-0.25, -0.2) is 0 Å². The number of rotatable bonds is 0. The van der Waals surface area contributed by atoms with E-state index in [0.29, 0.717) is 0 Å². The summed E-state index contributed by atoms with van der Waals surface area (Å²) in [5.74, 6) is 0. The summed E-state index contributed by atoms with van der Waals surface area (Å²) in [6.45, 7) is 0. The maximum Gasteiger partial charge on any atom is 0.394 e. The molecule has 0 unspecified atom stereocenters. The maximum absolute atomic E-state index is 8.74. The van der Waals surface area contributed by atoms with Gasteiger partial charge in [0, 0.05) is 154 Å². The van der Waals surface area contributed by atoms with Crippen LogP contribution < -0.4 is 0 Å². The van der Waals surface area contributed by atoms with Gasteiger partial charge in [0.15, 0.2) is 0 Å². The van der Waals surface area contributed by atoms with Gasteiger partial charge in [-0.05, 0) is 0 Å². The van der Waals surface area contributed by atoms with Crippen LogP contribution in [0.2, 0.25) is 0 Å². The Hall–Kier alpha value is 4.78. The standard InChI is InChI=1S/3K.H2O4S/c;;;1-5(2,3)4/h;;;(H2,1,2,3,4). The molecule has 0 aromatic heterocycles. The van der Waals surface area contributed by atoms with Crippen molar-refractivity contribution in [1.29, 1.82) is 0 Å². The molecule has 8 heteroatoms. The minimum Gasteiger partial charge on any atom is -0.264 e. The topological polar surface area (TPSA) is 74.6 Å². The van der Waals surface area contributed by atoms with Gasteiger partial charge in [-0.3, -0.25) is 9.11 Å². The fraction of sp³-hybridized carbons (Fsp3) is 0. The van der Waals surface area contributed by atoms with Crippen molar-refractivity contribution in [2.24, 2.45) is 0 Å². The molecule has 0 atom stereocenters. The average molecular weight is 215 g/mol. The third kappa shape index (κ3) is 45.1. The molecule has 0 spiro atoms. The first-order valence-corrected chi connectivity index (χ1v) is 2.10. The van der Waals surface area contributed by atoms with Crippen molar-refractivity contribution in [3.8, 4) is 0 Å². The van der Waals surface area contributed by atoms with E-state index in [4.69, 9.17) is 17.5 Å². The van der Waals surface area contributed by atoms with Gasteiger partial charge in [-0.1, -0.05) is 0 Å². The molecule has 0 bridgehead atoms. The Morgan fingerprint density at radius 1 is 0.875 bits per heavy atom. The fourth-order valence-electron chi connectivity index (χ4n) is 0. The van der Waals surface area contributed by atoms with Crippen molar-refractivity contribution in [2.75, 3.05) is 0 Å². The molecule has 0 aliphatic rings. The maximum atomic E-state index is 8.74. The van der Waals surface area contributed by atoms with E-state index in [2.05, 4.69) is 0 Å². The summed E-state index contributed by atoms with van der Waals surface area (Å²) in [5.41, 5.74) is 0. The van der Waals surface area contributed by atoms with Crippen LogP contribution in [0, 0.1) is 0 Å². The second-order valence-corrected chi connectivity index (χ2v) is 1.34. The number of hydrogen-bond acceptors (Lipinski definition) is 2. The molecule has 3 radical (unpaired) electrons. The molecule has 0 amide bonds. The molecule has 4 nitrogen and oxygen atoms in total. The van der Waals surface area contributed by atoms with Crippen molar-refractivity contribution < 1.29 is 17.5 Å². The molecule has 8 heavy (non-hydrogen) atoms. The van der Waals surface area contributed by atoms with E-state index in [0.717, 1.165) is 0 Å². The van der Waals surface area contributed by atoms with Crippen LogP contribution in [0.4, 0.5) is 0 Å². The molecular weight excluding hydrogens is 213 g/mol. The van der Waals surface area contributed by atoms with E-state index < -0.39 is 10.4 Å². The third-order valence-electron chi connectivity index (χ3n) is 0. The van der Waals surface area contributed by atoms with Crippen LogP contribution in [-0.4, -0.2) is 172 Å².